The van der Waals surface area contributed by atoms with Gasteiger partial charge in [-0.3, -0.25) is 18.8 Å². The van der Waals surface area contributed by atoms with E-state index in [1.165, 1.54) is 12.0 Å². The van der Waals surface area contributed by atoms with E-state index < -0.39 is 23.6 Å². The van der Waals surface area contributed by atoms with Crippen LogP contribution in [0.15, 0.2) is 50.4 Å². The first-order valence-electron chi connectivity index (χ1n) is 13.1. The molecule has 226 valence electrons. The summed E-state index contributed by atoms with van der Waals surface area (Å²) in [6.07, 6.45) is 3.87. The molecule has 42 heavy (non-hydrogen) atoms. The van der Waals surface area contributed by atoms with Crippen molar-refractivity contribution in [3.8, 4) is 0 Å². The summed E-state index contributed by atoms with van der Waals surface area (Å²) < 4.78 is 13.2. The molecule has 1 atom stereocenters. The molecule has 3 N–H and O–H groups in total. The zero-order valence-electron chi connectivity index (χ0n) is 23.9. The molecule has 3 aromatic rings. The van der Waals surface area contributed by atoms with Crippen LogP contribution in [0.5, 0.6) is 0 Å². The third-order valence-electron chi connectivity index (χ3n) is 6.11. The number of methoxy groups -OCH3 is 1. The molecule has 12 nitrogen and oxygen atoms in total. The number of nitrogen functional groups attached to an aromatic ring is 1. The molecular weight excluding hydrogens is 676 g/mol. The first-order valence-corrected chi connectivity index (χ1v) is 14.7. The minimum absolute atomic E-state index is 0.0282. The Balaban J connectivity index is 0.000000185. The van der Waals surface area contributed by atoms with Crippen LogP contribution in [0.1, 0.15) is 38.4 Å². The average molecular weight is 710 g/mol. The lowest BCUT2D eigenvalue weighted by atomic mass is 9.97. The van der Waals surface area contributed by atoms with E-state index in [1.54, 1.807) is 43.6 Å². The minimum atomic E-state index is -0.892. The van der Waals surface area contributed by atoms with E-state index in [0.717, 1.165) is 33.2 Å². The molecule has 0 aromatic carbocycles. The number of piperidine rings is 1. The van der Waals surface area contributed by atoms with Crippen LogP contribution in [-0.2, 0) is 32.0 Å². The van der Waals surface area contributed by atoms with Gasteiger partial charge in [0.2, 0.25) is 0 Å². The van der Waals surface area contributed by atoms with Crippen molar-refractivity contribution >= 4 is 61.2 Å². The monoisotopic (exact) mass is 708 g/mol. The van der Waals surface area contributed by atoms with E-state index >= 15 is 0 Å². The Bertz CT molecular complexity index is 1480. The van der Waals surface area contributed by atoms with Gasteiger partial charge in [-0.1, -0.05) is 31.9 Å². The predicted molar refractivity (Wildman–Crippen MR) is 164 cm³/mol. The molecule has 3 aromatic heterocycles. The van der Waals surface area contributed by atoms with E-state index in [9.17, 15) is 19.2 Å². The van der Waals surface area contributed by atoms with Gasteiger partial charge < -0.3 is 25.4 Å². The van der Waals surface area contributed by atoms with Crippen molar-refractivity contribution in [2.75, 3.05) is 32.5 Å². The number of hydrogen-bond donors (Lipinski definition) is 2. The zero-order valence-corrected chi connectivity index (χ0v) is 27.0. The van der Waals surface area contributed by atoms with Gasteiger partial charge in [0.05, 0.1) is 18.4 Å². The average Bonchev–Trinajstić information content (AvgIpc) is 2.92. The second kappa shape index (κ2) is 14.7. The number of carbonyl (C=O) groups excluding carboxylic acids is 3. The molecule has 5 heterocycles. The summed E-state index contributed by atoms with van der Waals surface area (Å²) >= 11 is 6.63. The maximum Gasteiger partial charge on any atom is 0.410 e. The van der Waals surface area contributed by atoms with Gasteiger partial charge in [0, 0.05) is 60.4 Å². The molecule has 2 aliphatic rings. The van der Waals surface area contributed by atoms with Crippen LogP contribution >= 0.6 is 31.9 Å². The molecule has 1 saturated heterocycles. The molecule has 0 radical (unpaired) electrons. The van der Waals surface area contributed by atoms with Crippen LogP contribution in [0.4, 0.5) is 10.6 Å². The number of fused-ring (bicyclic) bond motifs is 2. The summed E-state index contributed by atoms with van der Waals surface area (Å²) in [6.45, 7) is 7.11. The Morgan fingerprint density at radius 3 is 2.45 bits per heavy atom. The van der Waals surface area contributed by atoms with Gasteiger partial charge in [0.15, 0.2) is 5.78 Å². The molecule has 1 unspecified atom stereocenters. The normalized spacial score (nSPS) is 16.3. The van der Waals surface area contributed by atoms with Gasteiger partial charge in [-0.15, -0.1) is 0 Å². The number of nitrogens with two attached hydrogens (primary N) is 1. The Labute approximate surface area is 260 Å². The van der Waals surface area contributed by atoms with E-state index in [4.69, 9.17) is 10.5 Å². The molecule has 0 bridgehead atoms. The maximum atomic E-state index is 12.2. The van der Waals surface area contributed by atoms with Crippen LogP contribution in [0, 0.1) is 5.92 Å². The highest BCUT2D eigenvalue weighted by molar-refractivity contribution is 9.10. The van der Waals surface area contributed by atoms with E-state index in [0.29, 0.717) is 18.0 Å². The number of halogens is 2. The van der Waals surface area contributed by atoms with Crippen LogP contribution in [0.2, 0.25) is 0 Å². The third kappa shape index (κ3) is 9.33. The largest absolute Gasteiger partial charge is 0.468 e. The summed E-state index contributed by atoms with van der Waals surface area (Å²) in [5.74, 6) is -1.15. The number of ether oxygens (including phenoxy) is 2. The number of amides is 1. The van der Waals surface area contributed by atoms with Crippen LogP contribution in [0.25, 0.3) is 5.65 Å². The van der Waals surface area contributed by atoms with Crippen molar-refractivity contribution in [3.63, 3.8) is 0 Å². The molecular formula is C28H34Br2N6O6. The highest BCUT2D eigenvalue weighted by Crippen LogP contribution is 2.18. The second-order valence-electron chi connectivity index (χ2n) is 10.5. The SMILES string of the molecule is COC(=O)C1CN(C(=O)OC(C)(C)C)CCC1=O.Nc1cc(Br)ccn1.O=c1c2c(nc3cc(Br)ccn13)CCNC2. The number of pyridine rings is 2. The van der Waals surface area contributed by atoms with Gasteiger partial charge in [-0.2, -0.15) is 0 Å². The van der Waals surface area contributed by atoms with Gasteiger partial charge >= 0.3 is 12.1 Å². The second-order valence-corrected chi connectivity index (χ2v) is 12.3. The number of likely N-dealkylation sites (tertiary alicyclic amines) is 1. The number of ketones is 1. The first kappa shape index (κ1) is 33.1. The number of rotatable bonds is 1. The molecule has 5 rings (SSSR count). The number of carbonyl (C=O) groups is 3. The van der Waals surface area contributed by atoms with Crippen LogP contribution in [0.3, 0.4) is 0 Å². The summed E-state index contributed by atoms with van der Waals surface area (Å²) in [4.78, 5) is 56.6. The van der Waals surface area contributed by atoms with Crippen molar-refractivity contribution in [2.24, 2.45) is 5.92 Å². The van der Waals surface area contributed by atoms with Gasteiger partial charge in [0.1, 0.15) is 23.0 Å². The van der Waals surface area contributed by atoms with Crippen LogP contribution < -0.4 is 16.6 Å². The number of hydrogen-bond acceptors (Lipinski definition) is 10. The van der Waals surface area contributed by atoms with Crippen molar-refractivity contribution < 1.29 is 23.9 Å². The molecule has 2 aliphatic heterocycles. The lowest BCUT2D eigenvalue weighted by Crippen LogP contribution is -2.48. The fraction of sp³-hybridized carbons (Fsp3) is 0.429. The Hall–Kier alpha value is -3.36. The Kier molecular flexibility index (Phi) is 11.6. The molecule has 0 spiro atoms. The van der Waals surface area contributed by atoms with E-state index in [1.807, 2.05) is 18.2 Å². The maximum absolute atomic E-state index is 12.2. The third-order valence-corrected chi connectivity index (χ3v) is 7.10. The van der Waals surface area contributed by atoms with Crippen molar-refractivity contribution in [2.45, 2.75) is 45.8 Å². The van der Waals surface area contributed by atoms with Crippen LogP contribution in [-0.4, -0.2) is 69.5 Å². The standard InChI is InChI=1S/C12H19NO5.C11H10BrN3O.C5H5BrN2/c1-12(2,3)18-11(16)13-6-5-9(14)8(7-13)10(15)17-4;12-7-2-4-15-10(5-7)14-9-1-3-13-6-8(9)11(15)16;6-4-1-2-8-5(7)3-4/h8H,5-7H2,1-4H3;2,4-5,13H,1,3,6H2;1-3H,(H2,7,8). The summed E-state index contributed by atoms with van der Waals surface area (Å²) in [5.41, 5.74) is 7.20. The smallest absolute Gasteiger partial charge is 0.410 e. The number of aromatic nitrogens is 3. The molecule has 1 fully saturated rings. The molecule has 1 amide bonds. The zero-order chi connectivity index (χ0) is 31.0. The predicted octanol–water partition coefficient (Wildman–Crippen LogP) is 3.51. The summed E-state index contributed by atoms with van der Waals surface area (Å²) in [6, 6.07) is 7.29. The fourth-order valence-electron chi connectivity index (χ4n) is 4.09. The quantitative estimate of drug-likeness (QED) is 0.283. The molecule has 0 saturated carbocycles. The highest BCUT2D eigenvalue weighted by atomic mass is 79.9. The van der Waals surface area contributed by atoms with Crippen molar-refractivity contribution in [3.05, 3.63) is 67.2 Å². The van der Waals surface area contributed by atoms with Crippen molar-refractivity contribution in [1.82, 2.24) is 24.6 Å². The Morgan fingerprint density at radius 1 is 1.12 bits per heavy atom. The molecule has 14 heteroatoms. The van der Waals surface area contributed by atoms with Crippen molar-refractivity contribution in [1.29, 1.82) is 0 Å². The fourth-order valence-corrected chi connectivity index (χ4v) is 4.77. The lowest BCUT2D eigenvalue weighted by molar-refractivity contribution is -0.151. The first-order chi connectivity index (χ1) is 19.8. The van der Waals surface area contributed by atoms with Gasteiger partial charge in [0.25, 0.3) is 5.56 Å². The number of nitrogens with zero attached hydrogens (tertiary/aromatic N) is 4. The number of esters is 1. The Morgan fingerprint density at radius 2 is 1.83 bits per heavy atom. The topological polar surface area (TPSA) is 158 Å². The molecule has 0 aliphatic carbocycles. The highest BCUT2D eigenvalue weighted by Gasteiger charge is 2.36. The lowest BCUT2D eigenvalue weighted by Gasteiger charge is -2.32. The summed E-state index contributed by atoms with van der Waals surface area (Å²) in [7, 11) is 1.22. The number of Topliss-reactive ketones (excluding diaryl/α,β-unsaturated/α-hetero) is 1. The van der Waals surface area contributed by atoms with E-state index in [2.05, 4.69) is 51.9 Å². The summed E-state index contributed by atoms with van der Waals surface area (Å²) in [5, 5.41) is 3.20. The van der Waals surface area contributed by atoms with E-state index in [-0.39, 0.29) is 30.9 Å². The van der Waals surface area contributed by atoms with Gasteiger partial charge in [-0.05, 0) is 45.0 Å². The van der Waals surface area contributed by atoms with Gasteiger partial charge in [-0.25, -0.2) is 14.8 Å². The number of nitrogens with one attached hydrogen (secondary N) is 1. The minimum Gasteiger partial charge on any atom is -0.468 e. The number of anilines is 1.